The SMILES string of the molecule is CCCCCCCCC(O)n1c(=O)n(C(O)CCCCCCCC)c(=O)n(C(O)CCCCCCCC)c1=O. The summed E-state index contributed by atoms with van der Waals surface area (Å²) in [5.41, 5.74) is -3.07. The summed E-state index contributed by atoms with van der Waals surface area (Å²) in [6, 6.07) is 0. The molecule has 1 aromatic rings. The third-order valence-corrected chi connectivity index (χ3v) is 7.58. The number of aliphatic hydroxyl groups excluding tert-OH is 3. The maximum Gasteiger partial charge on any atom is 0.340 e. The minimum Gasteiger partial charge on any atom is -0.373 e. The Hall–Kier alpha value is -1.71. The fourth-order valence-corrected chi connectivity index (χ4v) is 5.07. The lowest BCUT2D eigenvalue weighted by Gasteiger charge is -2.22. The first-order valence-corrected chi connectivity index (χ1v) is 15.8. The maximum atomic E-state index is 13.3. The molecule has 0 amide bonds. The molecular weight excluding hydrogens is 498 g/mol. The van der Waals surface area contributed by atoms with E-state index in [-0.39, 0.29) is 19.3 Å². The Morgan fingerprint density at radius 1 is 0.410 bits per heavy atom. The zero-order valence-corrected chi connectivity index (χ0v) is 25.0. The second-order valence-electron chi connectivity index (χ2n) is 11.1. The topological polar surface area (TPSA) is 127 Å². The van der Waals surface area contributed by atoms with Gasteiger partial charge in [-0.05, 0) is 38.5 Å². The van der Waals surface area contributed by atoms with E-state index in [0.29, 0.717) is 33.0 Å². The highest BCUT2D eigenvalue weighted by Gasteiger charge is 2.26. The van der Waals surface area contributed by atoms with Crippen molar-refractivity contribution in [3.8, 4) is 0 Å². The molecule has 3 atom stereocenters. The van der Waals surface area contributed by atoms with Gasteiger partial charge in [-0.3, -0.25) is 0 Å². The van der Waals surface area contributed by atoms with E-state index < -0.39 is 35.8 Å². The molecule has 1 rings (SSSR count). The van der Waals surface area contributed by atoms with Crippen LogP contribution in [0, 0.1) is 0 Å². The number of hydrogen-bond acceptors (Lipinski definition) is 6. The summed E-state index contributed by atoms with van der Waals surface area (Å²) >= 11 is 0. The summed E-state index contributed by atoms with van der Waals surface area (Å²) < 4.78 is 1.92. The van der Waals surface area contributed by atoms with Crippen molar-refractivity contribution in [3.05, 3.63) is 31.5 Å². The highest BCUT2D eigenvalue weighted by molar-refractivity contribution is 4.84. The Kier molecular flexibility index (Phi) is 19.1. The molecule has 1 heterocycles. The van der Waals surface area contributed by atoms with E-state index in [1.54, 1.807) is 0 Å². The molecule has 0 fully saturated rings. The molecule has 39 heavy (non-hydrogen) atoms. The molecule has 0 aromatic carbocycles. The van der Waals surface area contributed by atoms with Gasteiger partial charge in [0.15, 0.2) is 0 Å². The first-order valence-electron chi connectivity index (χ1n) is 15.8. The van der Waals surface area contributed by atoms with Gasteiger partial charge in [0.1, 0.15) is 18.7 Å². The lowest BCUT2D eigenvalue weighted by atomic mass is 10.1. The standard InChI is InChI=1S/C30H57N3O6/c1-4-7-10-13-16-19-22-25(34)31-28(37)32(26(35)23-20-17-14-11-8-5-2)30(39)33(29(31)38)27(36)24-21-18-15-12-9-6-3/h25-27,34-36H,4-24H2,1-3H3. The van der Waals surface area contributed by atoms with Crippen molar-refractivity contribution in [2.24, 2.45) is 0 Å². The molecule has 0 spiro atoms. The summed E-state index contributed by atoms with van der Waals surface area (Å²) in [7, 11) is 0. The molecule has 0 radical (unpaired) electrons. The van der Waals surface area contributed by atoms with Crippen LogP contribution in [-0.4, -0.2) is 29.0 Å². The summed E-state index contributed by atoms with van der Waals surface area (Å²) in [6.07, 6.45) is 13.8. The Bertz CT molecular complexity index is 789. The van der Waals surface area contributed by atoms with Crippen LogP contribution in [0.5, 0.6) is 0 Å². The van der Waals surface area contributed by atoms with Gasteiger partial charge in [-0.2, -0.15) is 0 Å². The second-order valence-corrected chi connectivity index (χ2v) is 11.1. The van der Waals surface area contributed by atoms with Gasteiger partial charge in [-0.25, -0.2) is 28.1 Å². The maximum absolute atomic E-state index is 13.3. The molecule has 0 bridgehead atoms. The van der Waals surface area contributed by atoms with Gasteiger partial charge in [0.25, 0.3) is 0 Å². The van der Waals surface area contributed by atoms with Gasteiger partial charge >= 0.3 is 17.1 Å². The van der Waals surface area contributed by atoms with E-state index in [2.05, 4.69) is 20.8 Å². The van der Waals surface area contributed by atoms with Crippen molar-refractivity contribution in [2.45, 2.75) is 174 Å². The van der Waals surface area contributed by atoms with Crippen LogP contribution >= 0.6 is 0 Å². The summed E-state index contributed by atoms with van der Waals surface area (Å²) in [4.78, 5) is 39.9. The smallest absolute Gasteiger partial charge is 0.340 e. The van der Waals surface area contributed by atoms with Crippen molar-refractivity contribution >= 4 is 0 Å². The molecule has 1 aromatic heterocycles. The summed E-state index contributed by atoms with van der Waals surface area (Å²) in [5.74, 6) is 0. The van der Waals surface area contributed by atoms with Crippen LogP contribution in [0.15, 0.2) is 14.4 Å². The van der Waals surface area contributed by atoms with E-state index in [1.165, 1.54) is 0 Å². The number of nitrogens with zero attached hydrogens (tertiary/aromatic N) is 3. The molecule has 3 N–H and O–H groups in total. The average Bonchev–Trinajstić information content (AvgIpc) is 2.90. The predicted octanol–water partition coefficient (Wildman–Crippen LogP) is 5.90. The summed E-state index contributed by atoms with van der Waals surface area (Å²) in [6.45, 7) is 6.41. The monoisotopic (exact) mass is 555 g/mol. The normalized spacial score (nSPS) is 14.0. The minimum absolute atomic E-state index is 0.181. The Balaban J connectivity index is 3.14. The number of rotatable bonds is 24. The largest absolute Gasteiger partial charge is 0.373 e. The number of unbranched alkanes of at least 4 members (excludes halogenated alkanes) is 15. The summed E-state index contributed by atoms with van der Waals surface area (Å²) in [5, 5.41) is 32.6. The van der Waals surface area contributed by atoms with Gasteiger partial charge < -0.3 is 15.3 Å². The molecule has 0 aliphatic carbocycles. The van der Waals surface area contributed by atoms with Crippen LogP contribution in [0.1, 0.15) is 174 Å². The molecule has 9 heteroatoms. The Morgan fingerprint density at radius 2 is 0.615 bits per heavy atom. The lowest BCUT2D eigenvalue weighted by molar-refractivity contribution is 0.0299. The van der Waals surface area contributed by atoms with Crippen LogP contribution in [0.4, 0.5) is 0 Å². The third-order valence-electron chi connectivity index (χ3n) is 7.58. The van der Waals surface area contributed by atoms with E-state index in [4.69, 9.17) is 0 Å². The predicted molar refractivity (Wildman–Crippen MR) is 157 cm³/mol. The number of aromatic nitrogens is 3. The van der Waals surface area contributed by atoms with Crippen molar-refractivity contribution in [2.75, 3.05) is 0 Å². The fourth-order valence-electron chi connectivity index (χ4n) is 5.07. The first-order chi connectivity index (χ1) is 18.8. The van der Waals surface area contributed by atoms with Gasteiger partial charge in [0.05, 0.1) is 0 Å². The number of aliphatic hydroxyl groups is 3. The molecular formula is C30H57N3O6. The van der Waals surface area contributed by atoms with Gasteiger partial charge in [0, 0.05) is 0 Å². The number of hydrogen-bond donors (Lipinski definition) is 3. The van der Waals surface area contributed by atoms with Crippen LogP contribution in [0.25, 0.3) is 0 Å². The van der Waals surface area contributed by atoms with Crippen molar-refractivity contribution in [3.63, 3.8) is 0 Å². The van der Waals surface area contributed by atoms with Crippen molar-refractivity contribution < 1.29 is 15.3 Å². The minimum atomic E-state index is -1.43. The van der Waals surface area contributed by atoms with Crippen molar-refractivity contribution in [1.29, 1.82) is 0 Å². The van der Waals surface area contributed by atoms with E-state index in [0.717, 1.165) is 96.3 Å². The molecule has 0 saturated carbocycles. The molecule has 0 aliphatic heterocycles. The van der Waals surface area contributed by atoms with E-state index >= 15 is 0 Å². The van der Waals surface area contributed by atoms with E-state index in [9.17, 15) is 29.7 Å². The zero-order chi connectivity index (χ0) is 29.0. The molecule has 0 saturated heterocycles. The quantitative estimate of drug-likeness (QED) is 0.136. The second kappa shape index (κ2) is 21.1. The van der Waals surface area contributed by atoms with Crippen LogP contribution < -0.4 is 17.1 Å². The van der Waals surface area contributed by atoms with Crippen LogP contribution in [0.2, 0.25) is 0 Å². The van der Waals surface area contributed by atoms with Gasteiger partial charge in [-0.1, -0.05) is 117 Å². The Morgan fingerprint density at radius 3 is 0.846 bits per heavy atom. The van der Waals surface area contributed by atoms with E-state index in [1.807, 2.05) is 0 Å². The Labute approximate surface area is 234 Å². The lowest BCUT2D eigenvalue weighted by Crippen LogP contribution is -2.57. The zero-order valence-electron chi connectivity index (χ0n) is 25.0. The van der Waals surface area contributed by atoms with Gasteiger partial charge in [-0.15, -0.1) is 0 Å². The third kappa shape index (κ3) is 12.6. The molecule has 9 nitrogen and oxygen atoms in total. The van der Waals surface area contributed by atoms with Crippen molar-refractivity contribution in [1.82, 2.24) is 13.7 Å². The van der Waals surface area contributed by atoms with Crippen LogP contribution in [-0.2, 0) is 0 Å². The highest BCUT2D eigenvalue weighted by Crippen LogP contribution is 2.16. The first kappa shape index (κ1) is 35.3. The van der Waals surface area contributed by atoms with Crippen LogP contribution in [0.3, 0.4) is 0 Å². The molecule has 228 valence electrons. The molecule has 3 unspecified atom stereocenters. The highest BCUT2D eigenvalue weighted by atomic mass is 16.3. The fraction of sp³-hybridized carbons (Fsp3) is 0.900. The average molecular weight is 556 g/mol. The van der Waals surface area contributed by atoms with Gasteiger partial charge in [0.2, 0.25) is 0 Å². The molecule has 0 aliphatic rings.